The first-order chi connectivity index (χ1) is 54.0. The van der Waals surface area contributed by atoms with Crippen LogP contribution >= 0.6 is 57.7 Å². The van der Waals surface area contributed by atoms with Gasteiger partial charge in [-0.05, 0) is 218 Å². The van der Waals surface area contributed by atoms with E-state index >= 15 is 0 Å². The predicted molar refractivity (Wildman–Crippen MR) is 477 cm³/mol. The van der Waals surface area contributed by atoms with Gasteiger partial charge in [0.25, 0.3) is 10.1 Å². The van der Waals surface area contributed by atoms with Crippen molar-refractivity contribution >= 4 is 130 Å². The minimum Gasteiger partial charge on any atom is -0.495 e. The van der Waals surface area contributed by atoms with E-state index in [2.05, 4.69) is 163 Å². The topological polar surface area (TPSA) is 260 Å². The van der Waals surface area contributed by atoms with Crippen molar-refractivity contribution in [2.75, 3.05) is 172 Å². The lowest BCUT2D eigenvalue weighted by molar-refractivity contribution is 0.0982. The number of unbranched alkanes of at least 4 members (excludes halogenated alkanes) is 1. The van der Waals surface area contributed by atoms with Crippen LogP contribution in [0.15, 0.2) is 172 Å². The minimum atomic E-state index is -4.02. The van der Waals surface area contributed by atoms with E-state index in [-0.39, 0.29) is 10.2 Å². The summed E-state index contributed by atoms with van der Waals surface area (Å²) in [5, 5.41) is 19.8. The Kier molecular flexibility index (Phi) is 33.6. The number of anilines is 9. The maximum atomic E-state index is 13.5. The maximum absolute atomic E-state index is 13.5. The summed E-state index contributed by atoms with van der Waals surface area (Å²) in [6.07, 6.45) is 12.1. The van der Waals surface area contributed by atoms with E-state index in [9.17, 15) is 17.5 Å². The molecular formula is C85H113Br2ClN14O8P2S. The van der Waals surface area contributed by atoms with Crippen LogP contribution in [0.4, 0.5) is 51.7 Å². The van der Waals surface area contributed by atoms with E-state index in [1.165, 1.54) is 99.6 Å². The number of nitrogens with zero attached hydrogens (tertiary/aromatic N) is 10. The number of hydrogen-bond acceptors (Lipinski definition) is 21. The van der Waals surface area contributed by atoms with Gasteiger partial charge in [0.1, 0.15) is 37.4 Å². The lowest BCUT2D eigenvalue weighted by atomic mass is 9.99. The van der Waals surface area contributed by atoms with Gasteiger partial charge in [-0.3, -0.25) is 14.4 Å². The molecule has 9 aromatic rings. The number of methoxy groups -OCH3 is 2. The fourth-order valence-corrected chi connectivity index (χ4v) is 17.7. The first kappa shape index (κ1) is 89.5. The average molecular weight is 1750 g/mol. The van der Waals surface area contributed by atoms with Gasteiger partial charge in [0.15, 0.2) is 0 Å². The van der Waals surface area contributed by atoms with Crippen molar-refractivity contribution in [2.45, 2.75) is 96.0 Å². The van der Waals surface area contributed by atoms with Crippen LogP contribution in [-0.2, 0) is 32.1 Å². The second-order valence-corrected chi connectivity index (χ2v) is 39.4. The van der Waals surface area contributed by atoms with Crippen molar-refractivity contribution in [1.29, 1.82) is 0 Å². The van der Waals surface area contributed by atoms with Crippen LogP contribution in [0.2, 0.25) is 5.28 Å². The van der Waals surface area contributed by atoms with Crippen LogP contribution in [0.5, 0.6) is 11.5 Å². The van der Waals surface area contributed by atoms with Gasteiger partial charge >= 0.3 is 0 Å². The van der Waals surface area contributed by atoms with E-state index < -0.39 is 24.4 Å². The largest absolute Gasteiger partial charge is 0.495 e. The summed E-state index contributed by atoms with van der Waals surface area (Å²) in [5.41, 5.74) is 19.4. The van der Waals surface area contributed by atoms with Gasteiger partial charge in [0, 0.05) is 144 Å². The number of aryl methyl sites for hydroxylation is 3. The number of benzene rings is 7. The molecule has 4 saturated heterocycles. The molecule has 0 radical (unpaired) electrons. The first-order valence-electron chi connectivity index (χ1n) is 38.7. The Morgan fingerprint density at radius 3 is 1.39 bits per heavy atom. The number of rotatable bonds is 21. The fourth-order valence-electron chi connectivity index (χ4n) is 14.1. The van der Waals surface area contributed by atoms with Crippen LogP contribution in [0.3, 0.4) is 0 Å². The van der Waals surface area contributed by atoms with Crippen molar-refractivity contribution in [3.63, 3.8) is 0 Å². The van der Waals surface area contributed by atoms with Gasteiger partial charge in [0.05, 0.1) is 50.8 Å². The molecule has 4 aliphatic heterocycles. The van der Waals surface area contributed by atoms with E-state index in [0.29, 0.717) is 39.2 Å². The quantitative estimate of drug-likeness (QED) is 0.0169. The number of aliphatic hydroxyl groups is 1. The molecule has 0 bridgehead atoms. The summed E-state index contributed by atoms with van der Waals surface area (Å²) in [6, 6.07) is 48.0. The molecule has 28 heteroatoms. The molecule has 0 saturated carbocycles. The number of nitrogens with one attached hydrogen (secondary N) is 3. The molecule has 0 aliphatic carbocycles. The molecule has 0 spiro atoms. The number of hydrogen-bond donors (Lipinski definition) is 6. The van der Waals surface area contributed by atoms with Crippen molar-refractivity contribution in [3.05, 3.63) is 189 Å². The molecule has 2 aromatic heterocycles. The molecule has 4 fully saturated rings. The highest BCUT2D eigenvalue weighted by Crippen LogP contribution is 2.44. The molecule has 7 N–H and O–H groups in total. The van der Waals surface area contributed by atoms with Crippen LogP contribution < -0.4 is 51.6 Å². The molecule has 0 amide bonds. The van der Waals surface area contributed by atoms with E-state index in [1.54, 1.807) is 65.4 Å². The molecule has 22 nitrogen and oxygen atoms in total. The van der Waals surface area contributed by atoms with Crippen molar-refractivity contribution in [2.24, 2.45) is 0 Å². The smallest absolute Gasteiger partial charge is 0.294 e. The number of likely N-dealkylation sites (N-methyl/N-ethyl adjacent to an activating group) is 2. The van der Waals surface area contributed by atoms with Gasteiger partial charge < -0.3 is 65.0 Å². The zero-order chi connectivity index (χ0) is 81.6. The molecule has 7 aromatic carbocycles. The Balaban J connectivity index is 0.000000189. The van der Waals surface area contributed by atoms with Crippen molar-refractivity contribution in [3.8, 4) is 33.8 Å². The number of nitrogen functional groups attached to an aromatic ring is 1. The Morgan fingerprint density at radius 1 is 0.549 bits per heavy atom. The summed E-state index contributed by atoms with van der Waals surface area (Å²) >= 11 is 12.9. The Hall–Kier alpha value is -7.48. The predicted octanol–water partition coefficient (Wildman–Crippen LogP) is 17.1. The second-order valence-electron chi connectivity index (χ2n) is 29.6. The summed E-state index contributed by atoms with van der Waals surface area (Å²) in [7, 11) is -1.33. The summed E-state index contributed by atoms with van der Waals surface area (Å²) in [5.74, 6) is 3.08. The first-order valence-corrected chi connectivity index (χ1v) is 47.3. The monoisotopic (exact) mass is 1740 g/mol. The summed E-state index contributed by atoms with van der Waals surface area (Å²) < 4.78 is 68.6. The average Bonchev–Trinajstić information content (AvgIpc) is 0.802. The Bertz CT molecular complexity index is 4770. The highest BCUT2D eigenvalue weighted by molar-refractivity contribution is 9.11. The second kappa shape index (κ2) is 42.4. The van der Waals surface area contributed by atoms with Gasteiger partial charge in [0.2, 0.25) is 11.2 Å². The lowest BCUT2D eigenvalue weighted by Crippen LogP contribution is -2.52. The zero-order valence-corrected chi connectivity index (χ0v) is 73.9. The molecule has 0 unspecified atom stereocenters. The molecule has 4 aliphatic rings. The number of piperazine rings is 2. The fraction of sp³-hybridized carbons (Fsp3) is 0.412. The third-order valence-corrected chi connectivity index (χ3v) is 26.0. The van der Waals surface area contributed by atoms with E-state index in [4.69, 9.17) is 41.5 Å². The minimum absolute atomic E-state index is 0.0666. The SMILES string of the molecule is CCCCO.CCc1cc(N)c(OC)cc1N1CCC(N2CCN(C)CC2)CC1.CCc1cc(Nc2ncc(Br)c(Nc3ccc(-c4ccccc4)cc3P(C)(C)=O)n2)c(OC)cc1N1CCC(N2CCN(C)CC2)CC1.CP(C)(=O)c1cc(-c2ccccc2)ccc1Nc1nc(Cl)ncc1Br.Cc1ccc(S(=O)(=O)O)cc1. The summed E-state index contributed by atoms with van der Waals surface area (Å²) in [4.78, 5) is 32.7. The maximum Gasteiger partial charge on any atom is 0.294 e. The van der Waals surface area contributed by atoms with Crippen molar-refractivity contribution in [1.82, 2.24) is 39.5 Å². The lowest BCUT2D eigenvalue weighted by Gasteiger charge is -2.43. The molecular weight excluding hydrogens is 1630 g/mol. The normalized spacial score (nSPS) is 15.5. The highest BCUT2D eigenvalue weighted by atomic mass is 79.9. The third kappa shape index (κ3) is 25.8. The number of ether oxygens (including phenoxy) is 2. The van der Waals surface area contributed by atoms with Gasteiger partial charge in [-0.25, -0.2) is 9.97 Å². The van der Waals surface area contributed by atoms with Crippen molar-refractivity contribution < 1.29 is 36.7 Å². The zero-order valence-electron chi connectivity index (χ0n) is 67.3. The van der Waals surface area contributed by atoms with E-state index in [1.807, 2.05) is 91.9 Å². The summed E-state index contributed by atoms with van der Waals surface area (Å²) in [6.45, 7) is 29.6. The number of aliphatic hydroxyl groups excluding tert-OH is 1. The van der Waals surface area contributed by atoms with Crippen LogP contribution in [0, 0.1) is 6.92 Å². The molecule has 0 atom stereocenters. The Morgan fingerprint density at radius 2 is 0.982 bits per heavy atom. The van der Waals surface area contributed by atoms with E-state index in [0.717, 1.165) is 144 Å². The van der Waals surface area contributed by atoms with Crippen LogP contribution in [0.25, 0.3) is 22.3 Å². The molecule has 6 heterocycles. The van der Waals surface area contributed by atoms with Crippen LogP contribution in [-0.4, -0.2) is 210 Å². The standard InChI is InChI=1S/C37H47BrN7O2P.C19H32N4O.C18H16BrClN3OP.C7H8O3S.C4H10O/c1-6-26-22-32(34(47-3)24-33(26)45-16-14-29(15-17-45)44-20-18-43(2)19-21-44)41-37-39-25-30(38)36(42-37)40-31-13-12-28(23-35(31)48(4,5)46)27-10-8-7-9-11-27;1-4-15-13-17(20)19(24-3)14-18(15)23-7-5-16(6-8-23)22-11-9-21(2)10-12-22;1-25(2,24)16-10-13(12-6-4-3-5-7-12)8-9-15(16)22-17-14(19)11-21-18(20)23-17;1-6-2-4-7(5-3-6)11(8,9)10;1-2-3-4-5/h7-13,22-25,29H,6,14-21H2,1-5H3,(H2,39,40,41,42);13-14,16H,4-12,20H2,1-3H3;3-11H,1-2H3,(H,21,22,23);2-5H,1H3,(H,8,9,10);5H,2-4H2,1H3. The number of halogens is 3. The van der Waals surface area contributed by atoms with Gasteiger partial charge in [-0.15, -0.1) is 0 Å². The number of nitrogens with two attached hydrogens (primary N) is 1. The third-order valence-electron chi connectivity index (χ3n) is 20.7. The Labute approximate surface area is 691 Å². The highest BCUT2D eigenvalue weighted by Gasteiger charge is 2.31. The molecule has 608 valence electrons. The number of aromatic nitrogens is 4. The molecule has 113 heavy (non-hydrogen) atoms. The number of piperidine rings is 2. The van der Waals surface area contributed by atoms with Crippen LogP contribution in [0.1, 0.15) is 76.0 Å². The van der Waals surface area contributed by atoms with Gasteiger partial charge in [-0.2, -0.15) is 18.4 Å². The molecule has 13 rings (SSSR count). The van der Waals surface area contributed by atoms with Gasteiger partial charge in [-0.1, -0.05) is 118 Å².